The van der Waals surface area contributed by atoms with E-state index < -0.39 is 0 Å². The summed E-state index contributed by atoms with van der Waals surface area (Å²) in [5.74, 6) is 1.87. The highest BCUT2D eigenvalue weighted by Crippen LogP contribution is 2.20. The van der Waals surface area contributed by atoms with E-state index in [0.717, 1.165) is 34.6 Å². The summed E-state index contributed by atoms with van der Waals surface area (Å²) in [5.41, 5.74) is 0.986. The second-order valence-corrected chi connectivity index (χ2v) is 6.43. The third-order valence-corrected chi connectivity index (χ3v) is 4.52. The molecule has 1 aromatic carbocycles. The molecule has 0 spiro atoms. The predicted octanol–water partition coefficient (Wildman–Crippen LogP) is 2.85. The molecule has 2 nitrogen and oxygen atoms in total. The van der Waals surface area contributed by atoms with Crippen molar-refractivity contribution >= 4 is 27.7 Å². The monoisotopic (exact) mass is 333 g/mol. The first-order valence-corrected chi connectivity index (χ1v) is 7.95. The van der Waals surface area contributed by atoms with E-state index in [2.05, 4.69) is 21.2 Å². The fourth-order valence-electron chi connectivity index (χ4n) is 2.14. The molecular formula is C13H17BrFNOS. The SMILES string of the molecule is CNC(Cc1cc(F)cc(Br)c1)C1CSCCO1. The third-order valence-electron chi connectivity index (χ3n) is 3.04. The fourth-order valence-corrected chi connectivity index (χ4v) is 3.59. The lowest BCUT2D eigenvalue weighted by molar-refractivity contribution is 0.0492. The van der Waals surface area contributed by atoms with Crippen LogP contribution in [0, 0.1) is 5.82 Å². The van der Waals surface area contributed by atoms with Gasteiger partial charge in [0.25, 0.3) is 0 Å². The van der Waals surface area contributed by atoms with Gasteiger partial charge in [-0.3, -0.25) is 0 Å². The van der Waals surface area contributed by atoms with Crippen LogP contribution in [-0.4, -0.2) is 37.3 Å². The zero-order valence-electron chi connectivity index (χ0n) is 10.3. The molecule has 2 rings (SSSR count). The zero-order chi connectivity index (χ0) is 13.0. The molecule has 1 aliphatic rings. The molecule has 18 heavy (non-hydrogen) atoms. The van der Waals surface area contributed by atoms with Gasteiger partial charge in [0.2, 0.25) is 0 Å². The molecule has 100 valence electrons. The van der Waals surface area contributed by atoms with E-state index in [-0.39, 0.29) is 18.0 Å². The average Bonchev–Trinajstić information content (AvgIpc) is 2.36. The van der Waals surface area contributed by atoms with Gasteiger partial charge in [-0.1, -0.05) is 15.9 Å². The normalized spacial score (nSPS) is 21.8. The summed E-state index contributed by atoms with van der Waals surface area (Å²) in [7, 11) is 1.93. The molecule has 1 aliphatic heterocycles. The molecule has 0 radical (unpaired) electrons. The van der Waals surface area contributed by atoms with Crippen LogP contribution >= 0.6 is 27.7 Å². The van der Waals surface area contributed by atoms with Gasteiger partial charge < -0.3 is 10.1 Å². The van der Waals surface area contributed by atoms with E-state index in [9.17, 15) is 4.39 Å². The van der Waals surface area contributed by atoms with Crippen LogP contribution in [0.5, 0.6) is 0 Å². The van der Waals surface area contributed by atoms with E-state index in [1.54, 1.807) is 6.07 Å². The van der Waals surface area contributed by atoms with Crippen molar-refractivity contribution in [3.63, 3.8) is 0 Å². The Balaban J connectivity index is 2.04. The molecule has 0 saturated carbocycles. The quantitative estimate of drug-likeness (QED) is 0.915. The van der Waals surface area contributed by atoms with Gasteiger partial charge in [0, 0.05) is 22.0 Å². The van der Waals surface area contributed by atoms with E-state index in [4.69, 9.17) is 4.74 Å². The first-order valence-electron chi connectivity index (χ1n) is 6.00. The summed E-state index contributed by atoms with van der Waals surface area (Å²) in [4.78, 5) is 0. The van der Waals surface area contributed by atoms with E-state index in [1.807, 2.05) is 24.9 Å². The molecule has 2 atom stereocenters. The number of benzene rings is 1. The van der Waals surface area contributed by atoms with Crippen LogP contribution in [0.4, 0.5) is 4.39 Å². The summed E-state index contributed by atoms with van der Waals surface area (Å²) in [6.45, 7) is 0.806. The van der Waals surface area contributed by atoms with Gasteiger partial charge in [0.05, 0.1) is 12.7 Å². The second kappa shape index (κ2) is 6.89. The topological polar surface area (TPSA) is 21.3 Å². The van der Waals surface area contributed by atoms with Gasteiger partial charge in [0.15, 0.2) is 0 Å². The molecule has 1 heterocycles. The maximum atomic E-state index is 13.3. The Hall–Kier alpha value is -0.100. The van der Waals surface area contributed by atoms with Crippen molar-refractivity contribution in [2.45, 2.75) is 18.6 Å². The number of ether oxygens (including phenoxy) is 1. The Morgan fingerprint density at radius 3 is 3.00 bits per heavy atom. The first kappa shape index (κ1) is 14.3. The van der Waals surface area contributed by atoms with Crippen LogP contribution in [0.3, 0.4) is 0 Å². The Kier molecular flexibility index (Phi) is 5.48. The molecule has 1 saturated heterocycles. The van der Waals surface area contributed by atoms with Crippen molar-refractivity contribution in [3.8, 4) is 0 Å². The Morgan fingerprint density at radius 2 is 2.39 bits per heavy atom. The van der Waals surface area contributed by atoms with Crippen LogP contribution in [-0.2, 0) is 11.2 Å². The first-order chi connectivity index (χ1) is 8.69. The lowest BCUT2D eigenvalue weighted by Gasteiger charge is -2.30. The van der Waals surface area contributed by atoms with Crippen LogP contribution in [0.15, 0.2) is 22.7 Å². The van der Waals surface area contributed by atoms with Crippen molar-refractivity contribution in [2.24, 2.45) is 0 Å². The van der Waals surface area contributed by atoms with Crippen molar-refractivity contribution in [3.05, 3.63) is 34.1 Å². The number of rotatable bonds is 4. The standard InChI is InChI=1S/C13H17BrFNOS/c1-16-12(13-8-18-3-2-17-13)6-9-4-10(14)7-11(15)5-9/h4-5,7,12-13,16H,2-3,6,8H2,1H3. The highest BCUT2D eigenvalue weighted by atomic mass is 79.9. The summed E-state index contributed by atoms with van der Waals surface area (Å²) >= 11 is 5.24. The minimum absolute atomic E-state index is 0.201. The van der Waals surface area contributed by atoms with Gasteiger partial charge in [-0.05, 0) is 37.2 Å². The third kappa shape index (κ3) is 3.95. The number of hydrogen-bond acceptors (Lipinski definition) is 3. The Labute approximate surface area is 120 Å². The zero-order valence-corrected chi connectivity index (χ0v) is 12.7. The number of nitrogens with one attached hydrogen (secondary N) is 1. The van der Waals surface area contributed by atoms with Crippen molar-refractivity contribution < 1.29 is 9.13 Å². The summed E-state index contributed by atoms with van der Waals surface area (Å²) in [6, 6.07) is 5.26. The minimum Gasteiger partial charge on any atom is -0.375 e. The van der Waals surface area contributed by atoms with E-state index in [0.29, 0.717) is 0 Å². The molecule has 1 aromatic rings. The summed E-state index contributed by atoms with van der Waals surface area (Å²) in [6.07, 6.45) is 0.980. The second-order valence-electron chi connectivity index (χ2n) is 4.36. The predicted molar refractivity (Wildman–Crippen MR) is 77.7 cm³/mol. The highest BCUT2D eigenvalue weighted by Gasteiger charge is 2.23. The Bertz CT molecular complexity index is 378. The van der Waals surface area contributed by atoms with E-state index >= 15 is 0 Å². The van der Waals surface area contributed by atoms with E-state index in [1.165, 1.54) is 6.07 Å². The van der Waals surface area contributed by atoms with Gasteiger partial charge in [-0.25, -0.2) is 4.39 Å². The highest BCUT2D eigenvalue weighted by molar-refractivity contribution is 9.10. The lowest BCUT2D eigenvalue weighted by Crippen LogP contribution is -2.44. The smallest absolute Gasteiger partial charge is 0.124 e. The molecular weight excluding hydrogens is 317 g/mol. The molecule has 0 bridgehead atoms. The molecule has 1 N–H and O–H groups in total. The molecule has 1 fully saturated rings. The van der Waals surface area contributed by atoms with Crippen LogP contribution in [0.1, 0.15) is 5.56 Å². The van der Waals surface area contributed by atoms with Crippen molar-refractivity contribution in [2.75, 3.05) is 25.2 Å². The molecule has 0 amide bonds. The average molecular weight is 334 g/mol. The molecule has 0 aromatic heterocycles. The number of hydrogen-bond donors (Lipinski definition) is 1. The largest absolute Gasteiger partial charge is 0.375 e. The lowest BCUT2D eigenvalue weighted by atomic mass is 10.0. The van der Waals surface area contributed by atoms with Gasteiger partial charge in [0.1, 0.15) is 5.82 Å². The summed E-state index contributed by atoms with van der Waals surface area (Å²) < 4.78 is 19.9. The molecule has 2 unspecified atom stereocenters. The van der Waals surface area contributed by atoms with Crippen molar-refractivity contribution in [1.29, 1.82) is 0 Å². The number of likely N-dealkylation sites (N-methyl/N-ethyl adjacent to an activating group) is 1. The van der Waals surface area contributed by atoms with Crippen LogP contribution in [0.2, 0.25) is 0 Å². The van der Waals surface area contributed by atoms with Gasteiger partial charge >= 0.3 is 0 Å². The maximum Gasteiger partial charge on any atom is 0.124 e. The van der Waals surface area contributed by atoms with Crippen LogP contribution < -0.4 is 5.32 Å². The maximum absolute atomic E-state index is 13.3. The fraction of sp³-hybridized carbons (Fsp3) is 0.538. The summed E-state index contributed by atoms with van der Waals surface area (Å²) in [5, 5.41) is 3.28. The minimum atomic E-state index is -0.201. The van der Waals surface area contributed by atoms with Gasteiger partial charge in [-0.2, -0.15) is 11.8 Å². The van der Waals surface area contributed by atoms with Crippen LogP contribution in [0.25, 0.3) is 0 Å². The number of thioether (sulfide) groups is 1. The molecule has 0 aliphatic carbocycles. The number of halogens is 2. The Morgan fingerprint density at radius 1 is 1.56 bits per heavy atom. The molecule has 5 heteroatoms. The van der Waals surface area contributed by atoms with Crippen molar-refractivity contribution in [1.82, 2.24) is 5.32 Å². The van der Waals surface area contributed by atoms with Gasteiger partial charge in [-0.15, -0.1) is 0 Å².